The Kier molecular flexibility index (Phi) is 4.26. The molecule has 1 fully saturated rings. The monoisotopic (exact) mass is 386 g/mol. The Morgan fingerprint density at radius 1 is 1.21 bits per heavy atom. The third kappa shape index (κ3) is 3.24. The summed E-state index contributed by atoms with van der Waals surface area (Å²) in [4.78, 5) is 15.2. The number of rotatable bonds is 5. The van der Waals surface area contributed by atoms with Gasteiger partial charge in [0.05, 0.1) is 6.54 Å². The molecule has 1 saturated carbocycles. The van der Waals surface area contributed by atoms with Crippen LogP contribution in [0.2, 0.25) is 0 Å². The molecular formula is C24H26N4O. The van der Waals surface area contributed by atoms with Crippen molar-refractivity contribution in [3.8, 4) is 0 Å². The number of anilines is 1. The van der Waals surface area contributed by atoms with Crippen molar-refractivity contribution in [3.63, 3.8) is 0 Å². The molecule has 1 atom stereocenters. The summed E-state index contributed by atoms with van der Waals surface area (Å²) in [5.74, 6) is 2.05. The maximum Gasteiger partial charge on any atom is 0.258 e. The third-order valence-electron chi connectivity index (χ3n) is 6.38. The Labute approximate surface area is 171 Å². The van der Waals surface area contributed by atoms with Crippen molar-refractivity contribution in [2.24, 2.45) is 7.05 Å². The lowest BCUT2D eigenvalue weighted by Crippen LogP contribution is -2.23. The zero-order chi connectivity index (χ0) is 20.1. The van der Waals surface area contributed by atoms with Crippen LogP contribution in [0, 0.1) is 6.92 Å². The second kappa shape index (κ2) is 6.83. The maximum atomic E-state index is 13.2. The summed E-state index contributed by atoms with van der Waals surface area (Å²) in [6.07, 6.45) is 5.05. The molecule has 2 aromatic carbocycles. The zero-order valence-electron chi connectivity index (χ0n) is 17.2. The fraction of sp³-hybridized carbons (Fsp3) is 0.375. The van der Waals surface area contributed by atoms with Crippen LogP contribution >= 0.6 is 0 Å². The summed E-state index contributed by atoms with van der Waals surface area (Å²) in [5, 5.41) is 8.18. The average Bonchev–Trinajstić information content (AvgIpc) is 3.42. The van der Waals surface area contributed by atoms with Crippen LogP contribution in [-0.2, 0) is 20.0 Å². The summed E-state index contributed by atoms with van der Waals surface area (Å²) in [6, 6.07) is 12.8. The molecule has 0 N–H and O–H groups in total. The van der Waals surface area contributed by atoms with Crippen molar-refractivity contribution >= 4 is 11.6 Å². The number of amides is 1. The summed E-state index contributed by atoms with van der Waals surface area (Å²) in [5.41, 5.74) is 6.83. The van der Waals surface area contributed by atoms with Crippen LogP contribution in [0.5, 0.6) is 0 Å². The van der Waals surface area contributed by atoms with E-state index in [-0.39, 0.29) is 5.91 Å². The lowest BCUT2D eigenvalue weighted by molar-refractivity contribution is 0.0996. The molecule has 1 aliphatic heterocycles. The lowest BCUT2D eigenvalue weighted by Gasteiger charge is -2.19. The van der Waals surface area contributed by atoms with Crippen LogP contribution in [0.4, 0.5) is 5.69 Å². The molecule has 5 nitrogen and oxygen atoms in total. The van der Waals surface area contributed by atoms with Crippen molar-refractivity contribution in [1.29, 1.82) is 0 Å². The minimum atomic E-state index is 0.128. The summed E-state index contributed by atoms with van der Waals surface area (Å²) in [6.45, 7) is 4.99. The van der Waals surface area contributed by atoms with E-state index in [0.717, 1.165) is 23.5 Å². The lowest BCUT2D eigenvalue weighted by atomic mass is 9.97. The molecule has 2 aliphatic rings. The van der Waals surface area contributed by atoms with Gasteiger partial charge in [0.25, 0.3) is 5.91 Å². The Morgan fingerprint density at radius 2 is 2.03 bits per heavy atom. The molecule has 5 heteroatoms. The van der Waals surface area contributed by atoms with E-state index in [1.165, 1.54) is 35.1 Å². The molecule has 2 heterocycles. The highest BCUT2D eigenvalue weighted by atomic mass is 16.2. The number of benzene rings is 2. The highest BCUT2D eigenvalue weighted by molar-refractivity contribution is 6.10. The van der Waals surface area contributed by atoms with Crippen LogP contribution in [0.3, 0.4) is 0 Å². The molecule has 0 spiro atoms. The first-order chi connectivity index (χ1) is 14.0. The first kappa shape index (κ1) is 18.1. The van der Waals surface area contributed by atoms with E-state index in [0.29, 0.717) is 18.4 Å². The van der Waals surface area contributed by atoms with Gasteiger partial charge in [-0.1, -0.05) is 25.1 Å². The van der Waals surface area contributed by atoms with Gasteiger partial charge in [0.15, 0.2) is 0 Å². The van der Waals surface area contributed by atoms with E-state index in [4.69, 9.17) is 0 Å². The van der Waals surface area contributed by atoms with Gasteiger partial charge in [-0.2, -0.15) is 0 Å². The van der Waals surface area contributed by atoms with Crippen molar-refractivity contribution in [2.75, 3.05) is 4.90 Å². The van der Waals surface area contributed by atoms with Crippen molar-refractivity contribution in [3.05, 3.63) is 76.4 Å². The van der Waals surface area contributed by atoms with Gasteiger partial charge in [-0.25, -0.2) is 0 Å². The van der Waals surface area contributed by atoms with E-state index in [2.05, 4.69) is 54.4 Å². The Bertz CT molecular complexity index is 1100. The first-order valence-electron chi connectivity index (χ1n) is 10.4. The predicted octanol–water partition coefficient (Wildman–Crippen LogP) is 4.51. The Balaban J connectivity index is 1.41. The van der Waals surface area contributed by atoms with E-state index in [1.807, 2.05) is 22.6 Å². The molecule has 0 unspecified atom stereocenters. The van der Waals surface area contributed by atoms with E-state index in [1.54, 1.807) is 6.33 Å². The summed E-state index contributed by atoms with van der Waals surface area (Å²) in [7, 11) is 1.97. The number of carbonyl (C=O) groups excluding carboxylic acids is 1. The fourth-order valence-electron chi connectivity index (χ4n) is 4.36. The van der Waals surface area contributed by atoms with Gasteiger partial charge in [0.2, 0.25) is 0 Å². The van der Waals surface area contributed by atoms with Crippen molar-refractivity contribution in [2.45, 2.75) is 51.5 Å². The third-order valence-corrected chi connectivity index (χ3v) is 6.38. The van der Waals surface area contributed by atoms with Gasteiger partial charge in [-0.15, -0.1) is 10.2 Å². The predicted molar refractivity (Wildman–Crippen MR) is 113 cm³/mol. The van der Waals surface area contributed by atoms with Crippen LogP contribution in [0.1, 0.15) is 70.0 Å². The van der Waals surface area contributed by atoms with Crippen LogP contribution in [0.15, 0.2) is 42.7 Å². The number of carbonyl (C=O) groups is 1. The van der Waals surface area contributed by atoms with E-state index in [9.17, 15) is 4.79 Å². The number of hydrogen-bond donors (Lipinski definition) is 0. The average molecular weight is 386 g/mol. The molecule has 1 amide bonds. The highest BCUT2D eigenvalue weighted by Crippen LogP contribution is 2.42. The topological polar surface area (TPSA) is 51.0 Å². The molecule has 148 valence electrons. The van der Waals surface area contributed by atoms with Gasteiger partial charge in [0.1, 0.15) is 12.2 Å². The van der Waals surface area contributed by atoms with Gasteiger partial charge in [0, 0.05) is 24.7 Å². The van der Waals surface area contributed by atoms with Crippen molar-refractivity contribution < 1.29 is 4.79 Å². The normalized spacial score (nSPS) is 16.9. The number of aromatic nitrogens is 3. The largest absolute Gasteiger partial charge is 0.321 e. The minimum absolute atomic E-state index is 0.128. The minimum Gasteiger partial charge on any atom is -0.321 e. The SMILES string of the molecule is Cc1cc(C2CC2)cc2c1CN(c1cccc([C@H](C)Cc3nncn3C)c1)C2=O. The molecule has 5 rings (SSSR count). The van der Waals surface area contributed by atoms with E-state index < -0.39 is 0 Å². The smallest absolute Gasteiger partial charge is 0.258 e. The Hall–Kier alpha value is -2.95. The zero-order valence-corrected chi connectivity index (χ0v) is 17.2. The highest BCUT2D eigenvalue weighted by Gasteiger charge is 2.33. The number of aryl methyl sites for hydroxylation is 2. The van der Waals surface area contributed by atoms with Gasteiger partial charge < -0.3 is 9.47 Å². The maximum absolute atomic E-state index is 13.2. The fourth-order valence-corrected chi connectivity index (χ4v) is 4.36. The molecule has 0 saturated heterocycles. The molecule has 0 radical (unpaired) electrons. The van der Waals surface area contributed by atoms with Gasteiger partial charge >= 0.3 is 0 Å². The summed E-state index contributed by atoms with van der Waals surface area (Å²) >= 11 is 0. The van der Waals surface area contributed by atoms with Gasteiger partial charge in [-0.05, 0) is 72.1 Å². The number of fused-ring (bicyclic) bond motifs is 1. The molecular weight excluding hydrogens is 360 g/mol. The van der Waals surface area contributed by atoms with Crippen LogP contribution < -0.4 is 4.90 Å². The first-order valence-corrected chi connectivity index (χ1v) is 10.4. The van der Waals surface area contributed by atoms with Crippen molar-refractivity contribution in [1.82, 2.24) is 14.8 Å². The summed E-state index contributed by atoms with van der Waals surface area (Å²) < 4.78 is 1.96. The molecule has 1 aliphatic carbocycles. The van der Waals surface area contributed by atoms with Crippen LogP contribution in [-0.4, -0.2) is 20.7 Å². The number of hydrogen-bond acceptors (Lipinski definition) is 3. The van der Waals surface area contributed by atoms with E-state index >= 15 is 0 Å². The second-order valence-corrected chi connectivity index (χ2v) is 8.59. The quantitative estimate of drug-likeness (QED) is 0.648. The molecule has 1 aromatic heterocycles. The molecule has 29 heavy (non-hydrogen) atoms. The standard InChI is InChI=1S/C24H26N4O/c1-15(10-23-26-25-14-27(23)3)18-5-4-6-20(11-18)28-13-22-16(2)9-19(17-7-8-17)12-21(22)24(28)29/h4-6,9,11-12,14-15,17H,7-8,10,13H2,1-3H3/t15-/m1/s1. The second-order valence-electron chi connectivity index (χ2n) is 8.59. The molecule has 3 aromatic rings. The van der Waals surface area contributed by atoms with Crippen LogP contribution in [0.25, 0.3) is 0 Å². The van der Waals surface area contributed by atoms with Gasteiger partial charge in [-0.3, -0.25) is 4.79 Å². The number of nitrogens with zero attached hydrogens (tertiary/aromatic N) is 4. The molecule has 0 bridgehead atoms. The Morgan fingerprint density at radius 3 is 2.76 bits per heavy atom.